The van der Waals surface area contributed by atoms with Crippen molar-refractivity contribution >= 4 is 17.6 Å². The van der Waals surface area contributed by atoms with E-state index in [0.29, 0.717) is 11.4 Å². The predicted molar refractivity (Wildman–Crippen MR) is 84.9 cm³/mol. The Hall–Kier alpha value is -3.82. The van der Waals surface area contributed by atoms with E-state index in [1.54, 1.807) is 24.3 Å². The third-order valence-corrected chi connectivity index (χ3v) is 3.09. The van der Waals surface area contributed by atoms with Crippen LogP contribution >= 0.6 is 0 Å². The molecule has 0 fully saturated rings. The van der Waals surface area contributed by atoms with E-state index in [2.05, 4.69) is 30.4 Å². The fourth-order valence-electron chi connectivity index (χ4n) is 2.06. The number of nitrogens with one attached hydrogen (secondary N) is 1. The zero-order chi connectivity index (χ0) is 17.2. The second-order valence-corrected chi connectivity index (χ2v) is 4.88. The van der Waals surface area contributed by atoms with Gasteiger partial charge >= 0.3 is 0 Å². The zero-order valence-electron chi connectivity index (χ0n) is 12.5. The minimum atomic E-state index is -0.395. The van der Waals surface area contributed by atoms with E-state index in [0.717, 1.165) is 0 Å². The number of aromatic nitrogens is 5. The van der Waals surface area contributed by atoms with Gasteiger partial charge in [0.15, 0.2) is 5.76 Å². The van der Waals surface area contributed by atoms with Crippen LogP contribution in [0.25, 0.3) is 23.3 Å². The molecule has 0 atom stereocenters. The summed E-state index contributed by atoms with van der Waals surface area (Å²) in [5.41, 5.74) is 6.16. The van der Waals surface area contributed by atoms with Crippen molar-refractivity contribution in [1.29, 1.82) is 0 Å². The van der Waals surface area contributed by atoms with E-state index < -0.39 is 5.82 Å². The molecule has 0 amide bonds. The smallest absolute Gasteiger partial charge is 0.294 e. The van der Waals surface area contributed by atoms with Gasteiger partial charge in [-0.1, -0.05) is 11.2 Å². The first-order valence-corrected chi connectivity index (χ1v) is 7.09. The summed E-state index contributed by atoms with van der Waals surface area (Å²) in [7, 11) is 0. The Morgan fingerprint density at radius 1 is 1.00 bits per heavy atom. The molecule has 0 aliphatic rings. The second-order valence-electron chi connectivity index (χ2n) is 4.88. The van der Waals surface area contributed by atoms with E-state index in [4.69, 9.17) is 14.7 Å². The van der Waals surface area contributed by atoms with Gasteiger partial charge in [-0.2, -0.15) is 19.9 Å². The van der Waals surface area contributed by atoms with E-state index in [9.17, 15) is 4.39 Å². The first-order chi connectivity index (χ1) is 12.2. The average molecular weight is 339 g/mol. The monoisotopic (exact) mass is 339 g/mol. The number of nitrogens with zero attached hydrogens (tertiary/aromatic N) is 5. The van der Waals surface area contributed by atoms with Gasteiger partial charge in [0.2, 0.25) is 23.5 Å². The lowest BCUT2D eigenvalue weighted by molar-refractivity contribution is 0.416. The highest BCUT2D eigenvalue weighted by Gasteiger charge is 2.16. The van der Waals surface area contributed by atoms with Crippen molar-refractivity contribution in [2.45, 2.75) is 0 Å². The number of nitrogen functional groups attached to an aromatic ring is 1. The molecule has 9 nitrogen and oxygen atoms in total. The fraction of sp³-hybridized carbons (Fsp3) is 0. The summed E-state index contributed by atoms with van der Waals surface area (Å²) >= 11 is 0. The zero-order valence-corrected chi connectivity index (χ0v) is 12.5. The van der Waals surface area contributed by atoms with Crippen LogP contribution in [0.1, 0.15) is 0 Å². The third kappa shape index (κ3) is 3.13. The summed E-state index contributed by atoms with van der Waals surface area (Å²) in [4.78, 5) is 16.3. The molecule has 0 unspecified atom stereocenters. The summed E-state index contributed by atoms with van der Waals surface area (Å²) in [6.45, 7) is 0. The van der Waals surface area contributed by atoms with Crippen LogP contribution in [0.15, 0.2) is 51.6 Å². The van der Waals surface area contributed by atoms with Crippen molar-refractivity contribution in [2.24, 2.45) is 0 Å². The Morgan fingerprint density at radius 3 is 2.72 bits per heavy atom. The van der Waals surface area contributed by atoms with Crippen LogP contribution in [-0.4, -0.2) is 25.1 Å². The Balaban J connectivity index is 1.66. The molecule has 4 aromatic rings. The number of benzene rings is 1. The highest BCUT2D eigenvalue weighted by molar-refractivity contribution is 5.57. The largest absolute Gasteiger partial charge is 0.459 e. The number of nitrogens with two attached hydrogens (primary N) is 1. The van der Waals surface area contributed by atoms with Crippen LogP contribution in [0.5, 0.6) is 0 Å². The molecule has 124 valence electrons. The van der Waals surface area contributed by atoms with Crippen molar-refractivity contribution in [1.82, 2.24) is 25.1 Å². The molecule has 3 aromatic heterocycles. The molecule has 0 spiro atoms. The molecular weight excluding hydrogens is 329 g/mol. The molecule has 10 heteroatoms. The molecule has 3 N–H and O–H groups in total. The van der Waals surface area contributed by atoms with Gasteiger partial charge in [-0.05, 0) is 30.3 Å². The molecule has 1 aromatic carbocycles. The molecule has 4 rings (SSSR count). The van der Waals surface area contributed by atoms with Gasteiger partial charge in [-0.3, -0.25) is 0 Å². The lowest BCUT2D eigenvalue weighted by atomic mass is 10.3. The minimum Gasteiger partial charge on any atom is -0.459 e. The Bertz CT molecular complexity index is 1020. The molecule has 0 aliphatic heterocycles. The van der Waals surface area contributed by atoms with Gasteiger partial charge in [-0.25, -0.2) is 4.39 Å². The Labute approximate surface area is 139 Å². The van der Waals surface area contributed by atoms with Gasteiger partial charge in [0.25, 0.3) is 5.89 Å². The van der Waals surface area contributed by atoms with Crippen molar-refractivity contribution < 1.29 is 13.3 Å². The molecule has 0 radical (unpaired) electrons. The first-order valence-electron chi connectivity index (χ1n) is 7.09. The van der Waals surface area contributed by atoms with E-state index in [1.807, 2.05) is 0 Å². The lowest BCUT2D eigenvalue weighted by Gasteiger charge is -2.05. The highest BCUT2D eigenvalue weighted by Crippen LogP contribution is 2.22. The van der Waals surface area contributed by atoms with Gasteiger partial charge in [-0.15, -0.1) is 0 Å². The normalized spacial score (nSPS) is 10.8. The maximum Gasteiger partial charge on any atom is 0.294 e. The first kappa shape index (κ1) is 14.8. The summed E-state index contributed by atoms with van der Waals surface area (Å²) in [5, 5.41) is 6.65. The maximum atomic E-state index is 13.3. The Kier molecular flexibility index (Phi) is 3.54. The van der Waals surface area contributed by atoms with Gasteiger partial charge in [0, 0.05) is 5.69 Å². The van der Waals surface area contributed by atoms with Crippen molar-refractivity contribution in [2.75, 3.05) is 11.1 Å². The minimum absolute atomic E-state index is 0.0479. The quantitative estimate of drug-likeness (QED) is 0.576. The average Bonchev–Trinajstić information content (AvgIpc) is 3.26. The topological polar surface area (TPSA) is 129 Å². The number of rotatable bonds is 4. The number of hydrogen-bond donors (Lipinski definition) is 2. The van der Waals surface area contributed by atoms with Gasteiger partial charge in [0.1, 0.15) is 5.82 Å². The SMILES string of the molecule is Nc1nc(Nc2cccc(F)c2)nc(-c2noc(-c3ccco3)n2)n1. The summed E-state index contributed by atoms with van der Waals surface area (Å²) < 4.78 is 23.6. The number of halogens is 1. The molecule has 3 heterocycles. The van der Waals surface area contributed by atoms with E-state index >= 15 is 0 Å². The lowest BCUT2D eigenvalue weighted by Crippen LogP contribution is -2.05. The van der Waals surface area contributed by atoms with Crippen LogP contribution in [0, 0.1) is 5.82 Å². The van der Waals surface area contributed by atoms with E-state index in [-0.39, 0.29) is 29.4 Å². The maximum absolute atomic E-state index is 13.3. The van der Waals surface area contributed by atoms with Crippen molar-refractivity contribution in [3.8, 4) is 23.3 Å². The van der Waals surface area contributed by atoms with Crippen LogP contribution in [0.2, 0.25) is 0 Å². The second kappa shape index (κ2) is 6.00. The van der Waals surface area contributed by atoms with Crippen LogP contribution in [0.4, 0.5) is 22.0 Å². The molecule has 0 bridgehead atoms. The summed E-state index contributed by atoms with van der Waals surface area (Å²) in [6, 6.07) is 9.21. The molecule has 0 saturated heterocycles. The molecular formula is C15H10FN7O2. The number of hydrogen-bond acceptors (Lipinski definition) is 9. The van der Waals surface area contributed by atoms with Crippen molar-refractivity contribution in [3.63, 3.8) is 0 Å². The Morgan fingerprint density at radius 2 is 1.92 bits per heavy atom. The molecule has 0 saturated carbocycles. The number of anilines is 3. The van der Waals surface area contributed by atoms with Crippen LogP contribution in [-0.2, 0) is 0 Å². The van der Waals surface area contributed by atoms with Gasteiger partial charge < -0.3 is 20.0 Å². The van der Waals surface area contributed by atoms with Crippen LogP contribution in [0.3, 0.4) is 0 Å². The fourth-order valence-corrected chi connectivity index (χ4v) is 2.06. The third-order valence-electron chi connectivity index (χ3n) is 3.09. The van der Waals surface area contributed by atoms with Crippen molar-refractivity contribution in [3.05, 3.63) is 48.5 Å². The molecule has 25 heavy (non-hydrogen) atoms. The summed E-state index contributed by atoms with van der Waals surface area (Å²) in [5.74, 6) is 0.493. The van der Waals surface area contributed by atoms with E-state index in [1.165, 1.54) is 18.4 Å². The molecule has 0 aliphatic carbocycles. The van der Waals surface area contributed by atoms with Crippen LogP contribution < -0.4 is 11.1 Å². The number of furan rings is 1. The highest BCUT2D eigenvalue weighted by atomic mass is 19.1. The standard InChI is InChI=1S/C15H10FN7O2/c16-8-3-1-4-9(7-8)18-15-21-11(20-14(17)22-15)12-19-13(25-23-12)10-5-2-6-24-10/h1-7H,(H3,17,18,20,21,22). The predicted octanol–water partition coefficient (Wildman–Crippen LogP) is 2.65. The summed E-state index contributed by atoms with van der Waals surface area (Å²) in [6.07, 6.45) is 1.49. The van der Waals surface area contributed by atoms with Gasteiger partial charge in [0.05, 0.1) is 6.26 Å².